The largest absolute Gasteiger partial charge is 0.493 e. The molecule has 2 atom stereocenters. The maximum atomic E-state index is 12.4. The number of aliphatic hydroxyl groups is 1. The molecular formula is C21H24NO3SY-. The molecule has 6 heteroatoms. The number of thioether (sulfide) groups is 1. The van der Waals surface area contributed by atoms with Gasteiger partial charge < -0.3 is 26.9 Å². The van der Waals surface area contributed by atoms with Gasteiger partial charge in [-0.15, -0.1) is 0 Å². The summed E-state index contributed by atoms with van der Waals surface area (Å²) in [6.07, 6.45) is 3.82. The van der Waals surface area contributed by atoms with Crippen LogP contribution < -0.4 is 10.1 Å². The Kier molecular flexibility index (Phi) is 8.81. The van der Waals surface area contributed by atoms with Crippen molar-refractivity contribution in [1.82, 2.24) is 5.32 Å². The van der Waals surface area contributed by atoms with Gasteiger partial charge in [0.2, 0.25) is 5.91 Å². The van der Waals surface area contributed by atoms with Gasteiger partial charge in [0.05, 0.1) is 19.1 Å². The van der Waals surface area contributed by atoms with E-state index in [1.54, 1.807) is 0 Å². The Labute approximate surface area is 190 Å². The van der Waals surface area contributed by atoms with E-state index in [-0.39, 0.29) is 57.1 Å². The Bertz CT molecular complexity index is 784. The summed E-state index contributed by atoms with van der Waals surface area (Å²) >= 11 is 1.53. The van der Waals surface area contributed by atoms with E-state index < -0.39 is 0 Å². The number of aliphatic hydroxyl groups excluding tert-OH is 1. The molecule has 0 spiro atoms. The minimum atomic E-state index is -0.192. The van der Waals surface area contributed by atoms with Crippen LogP contribution in [0.2, 0.25) is 0 Å². The van der Waals surface area contributed by atoms with Gasteiger partial charge in [-0.3, -0.25) is 11.1 Å². The zero-order valence-electron chi connectivity index (χ0n) is 15.5. The zero-order chi connectivity index (χ0) is 18.5. The summed E-state index contributed by atoms with van der Waals surface area (Å²) < 4.78 is 5.96. The van der Waals surface area contributed by atoms with Crippen LogP contribution in [-0.4, -0.2) is 24.2 Å². The second kappa shape index (κ2) is 10.6. The average Bonchev–Trinajstić information content (AvgIpc) is 3.01. The van der Waals surface area contributed by atoms with E-state index in [0.717, 1.165) is 28.2 Å². The summed E-state index contributed by atoms with van der Waals surface area (Å²) in [5.41, 5.74) is 4.11. The Morgan fingerprint density at radius 2 is 2.11 bits per heavy atom. The molecule has 3 rings (SSSR count). The summed E-state index contributed by atoms with van der Waals surface area (Å²) in [5.74, 6) is 1.55. The fourth-order valence-electron chi connectivity index (χ4n) is 3.39. The van der Waals surface area contributed by atoms with Gasteiger partial charge in [0.1, 0.15) is 5.75 Å². The molecule has 2 N–H and O–H groups in total. The Morgan fingerprint density at radius 3 is 2.81 bits per heavy atom. The monoisotopic (exact) mass is 459 g/mol. The molecule has 27 heavy (non-hydrogen) atoms. The molecule has 1 aliphatic rings. The standard InChI is InChI=1S/C21H24NO3S.Y/c1-14-8-19(7-6-17(14)11-23)25-12-18-10-22-21(24)20(18)16-5-3-4-15(9-16)13-26-2;/h3-9,18,20,23H,2,10-13H2,1H3,(H,22,24);/q-1;/t18-,20-;/m1./s1. The molecule has 1 saturated heterocycles. The SMILES string of the molecule is [CH2-]SCc1cccc([C@H]2C(=O)NC[C@@H]2COc2ccc(CO)c(C)c2)c1.[Y]. The van der Waals surface area contributed by atoms with E-state index in [2.05, 4.69) is 23.7 Å². The Hall–Kier alpha value is -0.876. The predicted octanol–water partition coefficient (Wildman–Crippen LogP) is 3.42. The molecule has 0 saturated carbocycles. The van der Waals surface area contributed by atoms with Crippen LogP contribution in [0.4, 0.5) is 0 Å². The molecule has 0 bridgehead atoms. The molecule has 1 radical (unpaired) electrons. The van der Waals surface area contributed by atoms with Crippen LogP contribution in [0.3, 0.4) is 0 Å². The fraction of sp³-hybridized carbons (Fsp3) is 0.333. The topological polar surface area (TPSA) is 58.6 Å². The van der Waals surface area contributed by atoms with Gasteiger partial charge in [-0.1, -0.05) is 30.3 Å². The van der Waals surface area contributed by atoms with Crippen molar-refractivity contribution in [2.24, 2.45) is 5.92 Å². The van der Waals surface area contributed by atoms with Gasteiger partial charge in [-0.2, -0.15) is 0 Å². The van der Waals surface area contributed by atoms with Crippen molar-refractivity contribution in [1.29, 1.82) is 0 Å². The van der Waals surface area contributed by atoms with Gasteiger partial charge >= 0.3 is 0 Å². The quantitative estimate of drug-likeness (QED) is 0.624. The second-order valence-corrected chi connectivity index (χ2v) is 7.33. The van der Waals surface area contributed by atoms with E-state index in [0.29, 0.717) is 13.2 Å². The third kappa shape index (κ3) is 5.57. The maximum absolute atomic E-state index is 12.4. The van der Waals surface area contributed by atoms with Crippen molar-refractivity contribution in [2.75, 3.05) is 13.2 Å². The van der Waals surface area contributed by atoms with Crippen LogP contribution in [0.1, 0.15) is 28.2 Å². The minimum absolute atomic E-state index is 0. The third-order valence-corrected chi connectivity index (χ3v) is 5.36. The number of hydrogen-bond acceptors (Lipinski definition) is 4. The van der Waals surface area contributed by atoms with Crippen molar-refractivity contribution in [3.05, 3.63) is 71.0 Å². The van der Waals surface area contributed by atoms with Crippen molar-refractivity contribution < 1.29 is 47.3 Å². The van der Waals surface area contributed by atoms with Crippen molar-refractivity contribution in [3.8, 4) is 5.75 Å². The van der Waals surface area contributed by atoms with Crippen LogP contribution in [-0.2, 0) is 49.9 Å². The molecule has 2 aromatic rings. The number of aryl methyl sites for hydroxylation is 1. The molecule has 0 aromatic heterocycles. The normalized spacial score (nSPS) is 18.7. The van der Waals surface area contributed by atoms with Crippen molar-refractivity contribution in [2.45, 2.75) is 25.2 Å². The van der Waals surface area contributed by atoms with Crippen LogP contribution >= 0.6 is 11.8 Å². The molecule has 1 heterocycles. The molecule has 1 fully saturated rings. The molecule has 0 unspecified atom stereocenters. The molecule has 2 aromatic carbocycles. The summed E-state index contributed by atoms with van der Waals surface area (Å²) in [7, 11) is 0. The van der Waals surface area contributed by atoms with Gasteiger partial charge in [-0.05, 0) is 47.1 Å². The van der Waals surface area contributed by atoms with Gasteiger partial charge in [-0.25, -0.2) is 0 Å². The Balaban J connectivity index is 0.00000261. The first-order valence-electron chi connectivity index (χ1n) is 8.69. The first-order valence-corrected chi connectivity index (χ1v) is 9.84. The third-order valence-electron chi connectivity index (χ3n) is 4.82. The molecule has 1 amide bonds. The van der Waals surface area contributed by atoms with Gasteiger partial charge in [0, 0.05) is 45.2 Å². The van der Waals surface area contributed by atoms with Crippen LogP contribution in [0, 0.1) is 19.1 Å². The van der Waals surface area contributed by atoms with Gasteiger partial charge in [0.25, 0.3) is 0 Å². The molecular weight excluding hydrogens is 435 g/mol. The second-order valence-electron chi connectivity index (χ2n) is 6.63. The smallest absolute Gasteiger partial charge is 0.228 e. The van der Waals surface area contributed by atoms with E-state index >= 15 is 0 Å². The van der Waals surface area contributed by atoms with E-state index in [9.17, 15) is 9.90 Å². The zero-order valence-corrected chi connectivity index (χ0v) is 19.1. The predicted molar refractivity (Wildman–Crippen MR) is 105 cm³/mol. The van der Waals surface area contributed by atoms with E-state index in [1.807, 2.05) is 37.3 Å². The molecule has 141 valence electrons. The number of hydrogen-bond donors (Lipinski definition) is 2. The molecule has 0 aliphatic carbocycles. The molecule has 4 nitrogen and oxygen atoms in total. The van der Waals surface area contributed by atoms with E-state index in [1.165, 1.54) is 17.3 Å². The summed E-state index contributed by atoms with van der Waals surface area (Å²) in [6.45, 7) is 3.06. The fourth-order valence-corrected chi connectivity index (χ4v) is 3.80. The Morgan fingerprint density at radius 1 is 1.30 bits per heavy atom. The van der Waals surface area contributed by atoms with E-state index in [4.69, 9.17) is 4.74 Å². The summed E-state index contributed by atoms with van der Waals surface area (Å²) in [5, 5.41) is 12.2. The number of ether oxygens (including phenoxy) is 1. The van der Waals surface area contributed by atoms with Crippen LogP contribution in [0.15, 0.2) is 42.5 Å². The number of rotatable bonds is 7. The summed E-state index contributed by atoms with van der Waals surface area (Å²) in [6, 6.07) is 13.8. The minimum Gasteiger partial charge on any atom is -0.493 e. The number of carbonyl (C=O) groups excluding carboxylic acids is 1. The number of amides is 1. The average molecular weight is 459 g/mol. The number of carbonyl (C=O) groups is 1. The van der Waals surface area contributed by atoms with Crippen molar-refractivity contribution in [3.63, 3.8) is 0 Å². The van der Waals surface area contributed by atoms with Crippen molar-refractivity contribution >= 4 is 17.7 Å². The van der Waals surface area contributed by atoms with Crippen LogP contribution in [0.5, 0.6) is 5.75 Å². The number of benzene rings is 2. The summed E-state index contributed by atoms with van der Waals surface area (Å²) in [4.78, 5) is 12.4. The molecule has 1 aliphatic heterocycles. The number of nitrogens with one attached hydrogen (secondary N) is 1. The van der Waals surface area contributed by atoms with Gasteiger partial charge in [0.15, 0.2) is 0 Å². The first-order chi connectivity index (χ1) is 12.6. The van der Waals surface area contributed by atoms with Crippen LogP contribution in [0.25, 0.3) is 0 Å². The first kappa shape index (κ1) is 22.4. The maximum Gasteiger partial charge on any atom is 0.228 e.